The fraction of sp³-hybridized carbons (Fsp3) is 0.350. The summed E-state index contributed by atoms with van der Waals surface area (Å²) in [6.07, 6.45) is 1.96. The molecule has 4 rings (SSSR count). The van der Waals surface area contributed by atoms with Gasteiger partial charge >= 0.3 is 6.09 Å². The van der Waals surface area contributed by atoms with Crippen molar-refractivity contribution in [2.45, 2.75) is 31.5 Å². The lowest BCUT2D eigenvalue weighted by molar-refractivity contribution is 0.0881. The van der Waals surface area contributed by atoms with Crippen LogP contribution in [0.4, 0.5) is 10.5 Å². The Morgan fingerprint density at radius 2 is 1.81 bits per heavy atom. The zero-order valence-corrected chi connectivity index (χ0v) is 16.6. The molecule has 2 saturated heterocycles. The molecule has 2 aromatic carbocycles. The van der Waals surface area contributed by atoms with Crippen LogP contribution in [0.1, 0.15) is 18.4 Å². The smallest absolute Gasteiger partial charge is 0.410 e. The maximum absolute atomic E-state index is 12.5. The van der Waals surface area contributed by atoms with Gasteiger partial charge < -0.3 is 14.5 Å². The van der Waals surface area contributed by atoms with Gasteiger partial charge in [0.25, 0.3) is 0 Å². The third kappa shape index (κ3) is 3.55. The first-order chi connectivity index (χ1) is 12.6. The molecule has 2 heterocycles. The molecule has 26 heavy (non-hydrogen) atoms. The van der Waals surface area contributed by atoms with Crippen molar-refractivity contribution in [1.82, 2.24) is 4.90 Å². The molecule has 0 saturated carbocycles. The fourth-order valence-electron chi connectivity index (χ4n) is 3.93. The lowest BCUT2D eigenvalue weighted by Gasteiger charge is -2.42. The predicted molar refractivity (Wildman–Crippen MR) is 107 cm³/mol. The molecule has 0 aliphatic carbocycles. The van der Waals surface area contributed by atoms with E-state index >= 15 is 0 Å². The summed E-state index contributed by atoms with van der Waals surface area (Å²) in [6.45, 7) is 1.72. The summed E-state index contributed by atoms with van der Waals surface area (Å²) in [6, 6.07) is 16.5. The quantitative estimate of drug-likeness (QED) is 0.673. The Kier molecular flexibility index (Phi) is 5.09. The number of anilines is 1. The van der Waals surface area contributed by atoms with Crippen molar-refractivity contribution >= 4 is 39.3 Å². The van der Waals surface area contributed by atoms with E-state index in [0.29, 0.717) is 36.8 Å². The average Bonchev–Trinajstić information content (AvgIpc) is 2.92. The lowest BCUT2D eigenvalue weighted by atomic mass is 10.1. The van der Waals surface area contributed by atoms with Gasteiger partial charge in [0, 0.05) is 35.3 Å². The number of amides is 1. The highest BCUT2D eigenvalue weighted by atomic mass is 79.9. The van der Waals surface area contributed by atoms with Crippen LogP contribution in [-0.4, -0.2) is 36.2 Å². The van der Waals surface area contributed by atoms with Gasteiger partial charge in [-0.2, -0.15) is 0 Å². The average molecular weight is 436 g/mol. The molecule has 0 aromatic heterocycles. The molecular weight excluding hydrogens is 416 g/mol. The molecule has 2 unspecified atom stereocenters. The number of ether oxygens (including phenoxy) is 1. The number of nitrogens with zero attached hydrogens (tertiary/aromatic N) is 2. The zero-order valence-electron chi connectivity index (χ0n) is 14.3. The zero-order chi connectivity index (χ0) is 18.1. The number of benzene rings is 2. The molecule has 136 valence electrons. The highest BCUT2D eigenvalue weighted by Crippen LogP contribution is 2.37. The number of likely N-dealkylation sites (tertiary alicyclic amines) is 1. The predicted octanol–water partition coefficient (Wildman–Crippen LogP) is 5.09. The van der Waals surface area contributed by atoms with Crippen LogP contribution >= 0.6 is 27.5 Å². The van der Waals surface area contributed by atoms with Crippen LogP contribution in [0.5, 0.6) is 0 Å². The molecule has 6 heteroatoms. The van der Waals surface area contributed by atoms with Gasteiger partial charge in [-0.1, -0.05) is 41.9 Å². The molecular formula is C20H20BrClN2O2. The standard InChI is InChI=1S/C20H20BrClN2O2/c21-18-10-15(8-9-19(18)22)24-16-6-7-17(24)12-23(11-16)20(25)26-13-14-4-2-1-3-5-14/h1-5,8-10,16-17H,6-7,11-13H2. The molecule has 2 aromatic rings. The summed E-state index contributed by atoms with van der Waals surface area (Å²) >= 11 is 9.63. The van der Waals surface area contributed by atoms with E-state index in [1.54, 1.807) is 0 Å². The minimum atomic E-state index is -0.220. The third-order valence-corrected chi connectivity index (χ3v) is 6.36. The summed E-state index contributed by atoms with van der Waals surface area (Å²) in [4.78, 5) is 16.8. The largest absolute Gasteiger partial charge is 0.445 e. The second kappa shape index (κ2) is 7.49. The van der Waals surface area contributed by atoms with Gasteiger partial charge in [0.1, 0.15) is 6.61 Å². The van der Waals surface area contributed by atoms with Crippen molar-refractivity contribution in [2.24, 2.45) is 0 Å². The molecule has 2 fully saturated rings. The van der Waals surface area contributed by atoms with E-state index in [1.165, 1.54) is 0 Å². The number of carbonyl (C=O) groups is 1. The number of piperazine rings is 1. The summed E-state index contributed by atoms with van der Waals surface area (Å²) in [5.41, 5.74) is 2.17. The van der Waals surface area contributed by atoms with E-state index in [9.17, 15) is 4.79 Å². The van der Waals surface area contributed by atoms with E-state index in [0.717, 1.165) is 28.6 Å². The van der Waals surface area contributed by atoms with Crippen LogP contribution in [-0.2, 0) is 11.3 Å². The van der Waals surface area contributed by atoms with Gasteiger partial charge in [-0.15, -0.1) is 0 Å². The van der Waals surface area contributed by atoms with Crippen LogP contribution in [0.25, 0.3) is 0 Å². The molecule has 0 N–H and O–H groups in total. The van der Waals surface area contributed by atoms with Crippen molar-refractivity contribution < 1.29 is 9.53 Å². The molecule has 0 spiro atoms. The Balaban J connectivity index is 1.41. The molecule has 4 nitrogen and oxygen atoms in total. The fourth-order valence-corrected chi connectivity index (χ4v) is 4.41. The van der Waals surface area contributed by atoms with Crippen molar-refractivity contribution in [3.8, 4) is 0 Å². The third-order valence-electron chi connectivity index (χ3n) is 5.15. The Hall–Kier alpha value is -1.72. The minimum Gasteiger partial charge on any atom is -0.445 e. The first-order valence-electron chi connectivity index (χ1n) is 8.81. The maximum atomic E-state index is 12.5. The molecule has 1 amide bonds. The van der Waals surface area contributed by atoms with E-state index < -0.39 is 0 Å². The van der Waals surface area contributed by atoms with Gasteiger partial charge in [0.15, 0.2) is 0 Å². The van der Waals surface area contributed by atoms with Crippen LogP contribution in [0.2, 0.25) is 5.02 Å². The van der Waals surface area contributed by atoms with E-state index in [2.05, 4.69) is 33.0 Å². The molecule has 2 bridgehead atoms. The summed E-state index contributed by atoms with van der Waals surface area (Å²) in [7, 11) is 0. The normalized spacial score (nSPS) is 21.8. The SMILES string of the molecule is O=C(OCc1ccccc1)N1CC2CCC(C1)N2c1ccc(Cl)c(Br)c1. The first-order valence-corrected chi connectivity index (χ1v) is 9.98. The van der Waals surface area contributed by atoms with Crippen LogP contribution < -0.4 is 4.90 Å². The molecule has 2 aliphatic heterocycles. The van der Waals surface area contributed by atoms with Gasteiger partial charge in [-0.3, -0.25) is 0 Å². The number of fused-ring (bicyclic) bond motifs is 2. The highest BCUT2D eigenvalue weighted by molar-refractivity contribution is 9.10. The number of halogens is 2. The van der Waals surface area contributed by atoms with Crippen molar-refractivity contribution in [1.29, 1.82) is 0 Å². The van der Waals surface area contributed by atoms with Crippen molar-refractivity contribution in [3.05, 3.63) is 63.6 Å². The molecule has 2 aliphatic rings. The van der Waals surface area contributed by atoms with Gasteiger partial charge in [-0.25, -0.2) is 4.79 Å². The molecule has 2 atom stereocenters. The monoisotopic (exact) mass is 434 g/mol. The Bertz CT molecular complexity index is 788. The highest BCUT2D eigenvalue weighted by Gasteiger charge is 2.42. The van der Waals surface area contributed by atoms with Crippen molar-refractivity contribution in [2.75, 3.05) is 18.0 Å². The van der Waals surface area contributed by atoms with Gasteiger partial charge in [0.05, 0.1) is 5.02 Å². The summed E-state index contributed by atoms with van der Waals surface area (Å²) in [5.74, 6) is 0. The summed E-state index contributed by atoms with van der Waals surface area (Å²) < 4.78 is 6.41. The summed E-state index contributed by atoms with van der Waals surface area (Å²) in [5, 5.41) is 0.712. The number of rotatable bonds is 3. The van der Waals surface area contributed by atoms with Gasteiger partial charge in [-0.05, 0) is 52.5 Å². The second-order valence-corrected chi connectivity index (χ2v) is 8.10. The van der Waals surface area contributed by atoms with E-state index in [1.807, 2.05) is 41.3 Å². The van der Waals surface area contributed by atoms with Crippen LogP contribution in [0.15, 0.2) is 53.0 Å². The number of carbonyl (C=O) groups excluding carboxylic acids is 1. The Labute approximate surface area is 166 Å². The first kappa shape index (κ1) is 17.7. The maximum Gasteiger partial charge on any atom is 0.410 e. The Morgan fingerprint density at radius 3 is 2.46 bits per heavy atom. The number of hydrogen-bond acceptors (Lipinski definition) is 3. The number of hydrogen-bond donors (Lipinski definition) is 0. The minimum absolute atomic E-state index is 0.220. The molecule has 0 radical (unpaired) electrons. The van der Waals surface area contributed by atoms with E-state index in [4.69, 9.17) is 16.3 Å². The Morgan fingerprint density at radius 1 is 1.12 bits per heavy atom. The topological polar surface area (TPSA) is 32.8 Å². The second-order valence-electron chi connectivity index (χ2n) is 6.84. The van der Waals surface area contributed by atoms with Crippen LogP contribution in [0.3, 0.4) is 0 Å². The van der Waals surface area contributed by atoms with Gasteiger partial charge in [0.2, 0.25) is 0 Å². The van der Waals surface area contributed by atoms with Crippen molar-refractivity contribution in [3.63, 3.8) is 0 Å². The van der Waals surface area contributed by atoms with Crippen LogP contribution in [0, 0.1) is 0 Å². The van der Waals surface area contributed by atoms with E-state index in [-0.39, 0.29) is 6.09 Å². The lowest BCUT2D eigenvalue weighted by Crippen LogP contribution is -2.55.